The van der Waals surface area contributed by atoms with Crippen LogP contribution in [0.2, 0.25) is 0 Å². The Morgan fingerprint density at radius 1 is 1.27 bits per heavy atom. The van der Waals surface area contributed by atoms with E-state index in [1.165, 1.54) is 0 Å². The van der Waals surface area contributed by atoms with Gasteiger partial charge in [-0.1, -0.05) is 39.0 Å². The Morgan fingerprint density at radius 3 is 2.60 bits per heavy atom. The first-order valence-corrected chi connectivity index (χ1v) is 11.0. The van der Waals surface area contributed by atoms with Crippen molar-refractivity contribution < 1.29 is 34.8 Å². The van der Waals surface area contributed by atoms with Crippen LogP contribution in [0.5, 0.6) is 0 Å². The van der Waals surface area contributed by atoms with Gasteiger partial charge in [-0.3, -0.25) is 9.59 Å². The fourth-order valence-electron chi connectivity index (χ4n) is 4.52. The summed E-state index contributed by atoms with van der Waals surface area (Å²) in [5, 5.41) is 39.1. The van der Waals surface area contributed by atoms with Gasteiger partial charge in [-0.05, 0) is 43.1 Å². The van der Waals surface area contributed by atoms with Crippen molar-refractivity contribution in [2.45, 2.75) is 83.7 Å². The van der Waals surface area contributed by atoms with Crippen molar-refractivity contribution in [3.05, 3.63) is 23.8 Å². The highest BCUT2D eigenvalue weighted by molar-refractivity contribution is 5.72. The molecule has 0 bridgehead atoms. The predicted octanol–water partition coefficient (Wildman–Crippen LogP) is 2.44. The summed E-state index contributed by atoms with van der Waals surface area (Å²) in [4.78, 5) is 23.1. The number of aliphatic hydroxyl groups excluding tert-OH is 3. The van der Waals surface area contributed by atoms with E-state index in [1.807, 2.05) is 26.0 Å². The van der Waals surface area contributed by atoms with Crippen LogP contribution in [0.4, 0.5) is 0 Å². The summed E-state index contributed by atoms with van der Waals surface area (Å²) in [7, 11) is 0. The first-order valence-electron chi connectivity index (χ1n) is 11.0. The van der Waals surface area contributed by atoms with E-state index in [0.717, 1.165) is 5.57 Å². The molecule has 0 aliphatic heterocycles. The zero-order chi connectivity index (χ0) is 22.4. The number of esters is 1. The molecule has 30 heavy (non-hydrogen) atoms. The number of aliphatic hydroxyl groups is 3. The van der Waals surface area contributed by atoms with E-state index in [-0.39, 0.29) is 42.5 Å². The lowest BCUT2D eigenvalue weighted by atomic mass is 9.66. The molecule has 0 amide bonds. The van der Waals surface area contributed by atoms with Crippen LogP contribution in [0.15, 0.2) is 23.8 Å². The molecule has 2 aliphatic rings. The number of allylic oxidation sites excluding steroid dienone is 2. The van der Waals surface area contributed by atoms with E-state index in [2.05, 4.69) is 13.0 Å². The van der Waals surface area contributed by atoms with Crippen LogP contribution in [-0.4, -0.2) is 56.8 Å². The lowest BCUT2D eigenvalue weighted by Gasteiger charge is -2.43. The molecule has 0 aromatic carbocycles. The minimum absolute atomic E-state index is 0.0156. The quantitative estimate of drug-likeness (QED) is 0.397. The minimum Gasteiger partial charge on any atom is -0.481 e. The second-order valence-electron chi connectivity index (χ2n) is 8.88. The fourth-order valence-corrected chi connectivity index (χ4v) is 4.52. The number of hydrogen-bond acceptors (Lipinski definition) is 6. The molecule has 0 saturated carbocycles. The number of ether oxygens (including phenoxy) is 1. The Balaban J connectivity index is 2.09. The summed E-state index contributed by atoms with van der Waals surface area (Å²) < 4.78 is 5.84. The Labute approximate surface area is 178 Å². The maximum Gasteiger partial charge on any atom is 0.308 e. The number of fused-ring (bicyclic) bond motifs is 1. The van der Waals surface area contributed by atoms with E-state index in [4.69, 9.17) is 9.84 Å². The van der Waals surface area contributed by atoms with Crippen molar-refractivity contribution in [2.75, 3.05) is 0 Å². The fraction of sp³-hybridized carbons (Fsp3) is 0.739. The third-order valence-electron chi connectivity index (χ3n) is 6.44. The molecule has 0 aromatic heterocycles. The highest BCUT2D eigenvalue weighted by Crippen LogP contribution is 2.44. The van der Waals surface area contributed by atoms with Crippen molar-refractivity contribution in [1.29, 1.82) is 0 Å². The normalized spacial score (nSPS) is 31.3. The summed E-state index contributed by atoms with van der Waals surface area (Å²) in [6.45, 7) is 5.85. The van der Waals surface area contributed by atoms with Crippen LogP contribution in [0.25, 0.3) is 0 Å². The van der Waals surface area contributed by atoms with Crippen molar-refractivity contribution in [3.63, 3.8) is 0 Å². The van der Waals surface area contributed by atoms with Gasteiger partial charge in [0.25, 0.3) is 0 Å². The van der Waals surface area contributed by atoms with E-state index >= 15 is 0 Å². The SMILES string of the molecule is CCC(C)C(=O)O[C@H]1CC(O)C=C2C=C[C@H](C)[C@H](CCC(O)C[C@@H](O)CC(=O)O)[C@H]21. The average Bonchev–Trinajstić information content (AvgIpc) is 2.65. The summed E-state index contributed by atoms with van der Waals surface area (Å²) in [6.07, 6.45) is 4.64. The maximum absolute atomic E-state index is 12.4. The third-order valence-corrected chi connectivity index (χ3v) is 6.44. The van der Waals surface area contributed by atoms with Gasteiger partial charge < -0.3 is 25.2 Å². The van der Waals surface area contributed by atoms with Gasteiger partial charge in [-0.2, -0.15) is 0 Å². The number of carboxylic acid groups (broad SMARTS) is 1. The largest absolute Gasteiger partial charge is 0.481 e. The number of carboxylic acids is 1. The van der Waals surface area contributed by atoms with Crippen molar-refractivity contribution in [2.24, 2.45) is 23.7 Å². The van der Waals surface area contributed by atoms with Crippen LogP contribution in [0, 0.1) is 23.7 Å². The first kappa shape index (κ1) is 24.6. The molecule has 2 rings (SSSR count). The maximum atomic E-state index is 12.4. The molecular weight excluding hydrogens is 388 g/mol. The number of carbonyl (C=O) groups excluding carboxylic acids is 1. The molecule has 0 saturated heterocycles. The smallest absolute Gasteiger partial charge is 0.308 e. The van der Waals surface area contributed by atoms with E-state index in [1.54, 1.807) is 0 Å². The van der Waals surface area contributed by atoms with Gasteiger partial charge in [0.05, 0.1) is 30.7 Å². The van der Waals surface area contributed by atoms with Gasteiger partial charge in [0, 0.05) is 12.3 Å². The van der Waals surface area contributed by atoms with Crippen LogP contribution in [0.3, 0.4) is 0 Å². The molecule has 2 aliphatic carbocycles. The van der Waals surface area contributed by atoms with Crippen LogP contribution in [-0.2, 0) is 14.3 Å². The second-order valence-corrected chi connectivity index (χ2v) is 8.88. The summed E-state index contributed by atoms with van der Waals surface area (Å²) >= 11 is 0. The van der Waals surface area contributed by atoms with Gasteiger partial charge >= 0.3 is 11.9 Å². The Morgan fingerprint density at radius 2 is 1.97 bits per heavy atom. The standard InChI is InChI=1S/C23H36O7/c1-4-13(2)23(29)30-20-11-17(25)9-15-6-5-14(3)19(22(15)20)8-7-16(24)10-18(26)12-21(27)28/h5-6,9,13-14,16-20,22,24-26H,4,7-8,10-12H2,1-3H3,(H,27,28)/t13?,14-,16?,17?,18+,19-,20-,22-/m0/s1. The molecule has 0 fully saturated rings. The monoisotopic (exact) mass is 424 g/mol. The molecule has 0 radical (unpaired) electrons. The first-order chi connectivity index (χ1) is 14.1. The Kier molecular flexibility index (Phi) is 9.07. The predicted molar refractivity (Wildman–Crippen MR) is 111 cm³/mol. The number of carbonyl (C=O) groups is 2. The number of hydrogen-bond donors (Lipinski definition) is 4. The van der Waals surface area contributed by atoms with E-state index < -0.39 is 30.4 Å². The number of rotatable bonds is 10. The second kappa shape index (κ2) is 11.1. The van der Waals surface area contributed by atoms with Crippen molar-refractivity contribution >= 4 is 11.9 Å². The van der Waals surface area contributed by atoms with Gasteiger partial charge in [-0.15, -0.1) is 0 Å². The van der Waals surface area contributed by atoms with E-state index in [9.17, 15) is 24.9 Å². The average molecular weight is 425 g/mol. The molecule has 4 N–H and O–H groups in total. The van der Waals surface area contributed by atoms with Gasteiger partial charge in [0.2, 0.25) is 0 Å². The summed E-state index contributed by atoms with van der Waals surface area (Å²) in [6, 6.07) is 0. The highest BCUT2D eigenvalue weighted by Gasteiger charge is 2.42. The molecule has 0 spiro atoms. The number of aliphatic carboxylic acids is 1. The summed E-state index contributed by atoms with van der Waals surface area (Å²) in [5.74, 6) is -1.31. The molecule has 7 heteroatoms. The van der Waals surface area contributed by atoms with Gasteiger partial charge in [0.1, 0.15) is 6.10 Å². The molecule has 3 unspecified atom stereocenters. The Hall–Kier alpha value is -1.70. The molecule has 0 aromatic rings. The van der Waals surface area contributed by atoms with E-state index in [0.29, 0.717) is 25.7 Å². The molecule has 7 nitrogen and oxygen atoms in total. The molecule has 170 valence electrons. The van der Waals surface area contributed by atoms with Gasteiger partial charge in [0.15, 0.2) is 0 Å². The lowest BCUT2D eigenvalue weighted by Crippen LogP contribution is -2.43. The summed E-state index contributed by atoms with van der Waals surface area (Å²) in [5.41, 5.74) is 0.958. The highest BCUT2D eigenvalue weighted by atomic mass is 16.5. The zero-order valence-corrected chi connectivity index (χ0v) is 18.1. The molecule has 8 atom stereocenters. The minimum atomic E-state index is -1.10. The van der Waals surface area contributed by atoms with Crippen molar-refractivity contribution in [3.8, 4) is 0 Å². The molecular formula is C23H36O7. The third kappa shape index (κ3) is 6.65. The zero-order valence-electron chi connectivity index (χ0n) is 18.1. The van der Waals surface area contributed by atoms with Gasteiger partial charge in [-0.25, -0.2) is 0 Å². The lowest BCUT2D eigenvalue weighted by molar-refractivity contribution is -0.159. The van der Waals surface area contributed by atoms with Crippen LogP contribution in [0.1, 0.15) is 59.3 Å². The van der Waals surface area contributed by atoms with Crippen molar-refractivity contribution in [1.82, 2.24) is 0 Å². The van der Waals surface area contributed by atoms with Crippen LogP contribution >= 0.6 is 0 Å². The van der Waals surface area contributed by atoms with Crippen LogP contribution < -0.4 is 0 Å². The molecule has 0 heterocycles. The Bertz CT molecular complexity index is 656. The topological polar surface area (TPSA) is 124 Å².